The van der Waals surface area contributed by atoms with Gasteiger partial charge in [0.2, 0.25) is 11.8 Å². The van der Waals surface area contributed by atoms with Crippen molar-refractivity contribution >= 4 is 29.2 Å². The van der Waals surface area contributed by atoms with Gasteiger partial charge in [-0.05, 0) is 50.6 Å². The van der Waals surface area contributed by atoms with E-state index in [1.165, 1.54) is 17.0 Å². The summed E-state index contributed by atoms with van der Waals surface area (Å²) in [6.07, 6.45) is 3.96. The van der Waals surface area contributed by atoms with Crippen molar-refractivity contribution in [2.75, 3.05) is 42.5 Å². The number of carbonyl (C=O) groups is 3. The Bertz CT molecular complexity index is 713. The molecule has 7 heteroatoms. The van der Waals surface area contributed by atoms with Crippen molar-refractivity contribution < 1.29 is 19.5 Å². The minimum atomic E-state index is -1.04. The fourth-order valence-electron chi connectivity index (χ4n) is 3.54. The van der Waals surface area contributed by atoms with Crippen molar-refractivity contribution in [1.82, 2.24) is 4.90 Å². The standard InChI is InChI=1S/C19H25N3O4/c1-2-3-10-21-15-7-6-14(19(25)26)11-16(15)22(13-18(21)24)17(23)12-20-8-4-5-9-20/h6-7,11H,2-5,8-10,12-13H2,1H3,(H,25,26). The largest absolute Gasteiger partial charge is 0.478 e. The van der Waals surface area contributed by atoms with E-state index in [-0.39, 0.29) is 30.5 Å². The second-order valence-electron chi connectivity index (χ2n) is 6.87. The van der Waals surface area contributed by atoms with Crippen molar-refractivity contribution in [3.05, 3.63) is 23.8 Å². The number of amides is 2. The molecule has 0 aromatic heterocycles. The Morgan fingerprint density at radius 3 is 2.54 bits per heavy atom. The predicted molar refractivity (Wildman–Crippen MR) is 98.7 cm³/mol. The average molecular weight is 359 g/mol. The zero-order valence-corrected chi connectivity index (χ0v) is 15.1. The lowest BCUT2D eigenvalue weighted by atomic mass is 10.1. The van der Waals surface area contributed by atoms with Crippen LogP contribution in [0.1, 0.15) is 43.0 Å². The minimum Gasteiger partial charge on any atom is -0.478 e. The molecule has 26 heavy (non-hydrogen) atoms. The van der Waals surface area contributed by atoms with Crippen LogP contribution in [0.2, 0.25) is 0 Å². The molecule has 3 rings (SSSR count). The second kappa shape index (κ2) is 7.86. The Balaban J connectivity index is 1.92. The van der Waals surface area contributed by atoms with Crippen LogP contribution in [0.4, 0.5) is 11.4 Å². The molecule has 1 saturated heterocycles. The molecule has 7 nitrogen and oxygen atoms in total. The van der Waals surface area contributed by atoms with Crippen molar-refractivity contribution in [3.8, 4) is 0 Å². The van der Waals surface area contributed by atoms with E-state index >= 15 is 0 Å². The summed E-state index contributed by atoms with van der Waals surface area (Å²) in [6, 6.07) is 4.63. The maximum Gasteiger partial charge on any atom is 0.335 e. The maximum atomic E-state index is 12.8. The van der Waals surface area contributed by atoms with Crippen LogP contribution in [0.5, 0.6) is 0 Å². The van der Waals surface area contributed by atoms with Crippen LogP contribution in [-0.4, -0.2) is 60.5 Å². The molecule has 0 spiro atoms. The number of unbranched alkanes of at least 4 members (excludes halogenated alkanes) is 1. The Morgan fingerprint density at radius 1 is 1.15 bits per heavy atom. The summed E-state index contributed by atoms with van der Waals surface area (Å²) in [7, 11) is 0. The quantitative estimate of drug-likeness (QED) is 0.840. The number of benzene rings is 1. The molecule has 1 N–H and O–H groups in total. The van der Waals surface area contributed by atoms with Crippen LogP contribution in [0.15, 0.2) is 18.2 Å². The lowest BCUT2D eigenvalue weighted by Crippen LogP contribution is -2.50. The molecule has 0 saturated carbocycles. The van der Waals surface area contributed by atoms with E-state index in [2.05, 4.69) is 11.8 Å². The summed E-state index contributed by atoms with van der Waals surface area (Å²) in [5.74, 6) is -1.32. The number of hydrogen-bond acceptors (Lipinski definition) is 4. The molecule has 0 bridgehead atoms. The van der Waals surface area contributed by atoms with Crippen LogP contribution in [0, 0.1) is 0 Å². The lowest BCUT2D eigenvalue weighted by molar-refractivity contribution is -0.123. The fraction of sp³-hybridized carbons (Fsp3) is 0.526. The van der Waals surface area contributed by atoms with E-state index in [0.717, 1.165) is 38.8 Å². The van der Waals surface area contributed by atoms with Crippen LogP contribution >= 0.6 is 0 Å². The van der Waals surface area contributed by atoms with Gasteiger partial charge in [0.1, 0.15) is 6.54 Å². The van der Waals surface area contributed by atoms with Gasteiger partial charge in [-0.2, -0.15) is 0 Å². The molecule has 0 radical (unpaired) electrons. The second-order valence-corrected chi connectivity index (χ2v) is 6.87. The van der Waals surface area contributed by atoms with Gasteiger partial charge < -0.3 is 10.0 Å². The predicted octanol–water partition coefficient (Wildman–Crippen LogP) is 1.96. The van der Waals surface area contributed by atoms with Crippen LogP contribution in [-0.2, 0) is 9.59 Å². The molecular formula is C19H25N3O4. The summed E-state index contributed by atoms with van der Waals surface area (Å²) < 4.78 is 0. The highest BCUT2D eigenvalue weighted by Crippen LogP contribution is 2.35. The smallest absolute Gasteiger partial charge is 0.335 e. The van der Waals surface area contributed by atoms with Crippen molar-refractivity contribution in [2.24, 2.45) is 0 Å². The molecule has 140 valence electrons. The summed E-state index contributed by atoms with van der Waals surface area (Å²) >= 11 is 0. The monoisotopic (exact) mass is 359 g/mol. The summed E-state index contributed by atoms with van der Waals surface area (Å²) in [4.78, 5) is 42.0. The van der Waals surface area contributed by atoms with E-state index in [4.69, 9.17) is 0 Å². The van der Waals surface area contributed by atoms with Crippen molar-refractivity contribution in [2.45, 2.75) is 32.6 Å². The zero-order valence-electron chi connectivity index (χ0n) is 15.1. The third-order valence-electron chi connectivity index (χ3n) is 4.99. The molecule has 2 heterocycles. The first-order chi connectivity index (χ1) is 12.5. The lowest BCUT2D eigenvalue weighted by Gasteiger charge is -2.37. The van der Waals surface area contributed by atoms with Crippen molar-refractivity contribution in [3.63, 3.8) is 0 Å². The topological polar surface area (TPSA) is 81.2 Å². The molecular weight excluding hydrogens is 334 g/mol. The average Bonchev–Trinajstić information content (AvgIpc) is 3.12. The number of carboxylic acid groups (broad SMARTS) is 1. The number of anilines is 2. The van der Waals surface area contributed by atoms with Crippen LogP contribution in [0.3, 0.4) is 0 Å². The first kappa shape index (κ1) is 18.4. The number of likely N-dealkylation sites (tertiary alicyclic amines) is 1. The number of fused-ring (bicyclic) bond motifs is 1. The Labute approximate surface area is 153 Å². The summed E-state index contributed by atoms with van der Waals surface area (Å²) in [5, 5.41) is 9.31. The molecule has 1 fully saturated rings. The summed E-state index contributed by atoms with van der Waals surface area (Å²) in [6.45, 7) is 4.62. The highest BCUT2D eigenvalue weighted by Gasteiger charge is 2.33. The van der Waals surface area contributed by atoms with Gasteiger partial charge in [0.15, 0.2) is 0 Å². The van der Waals surface area contributed by atoms with Crippen LogP contribution < -0.4 is 9.80 Å². The molecule has 2 amide bonds. The van der Waals surface area contributed by atoms with E-state index in [0.29, 0.717) is 17.9 Å². The van der Waals surface area contributed by atoms with E-state index in [1.54, 1.807) is 11.0 Å². The highest BCUT2D eigenvalue weighted by atomic mass is 16.4. The van der Waals surface area contributed by atoms with Gasteiger partial charge in [0, 0.05) is 6.54 Å². The van der Waals surface area contributed by atoms with Gasteiger partial charge in [0.05, 0.1) is 23.5 Å². The fourth-order valence-corrected chi connectivity index (χ4v) is 3.54. The molecule has 2 aliphatic heterocycles. The number of aromatic carboxylic acids is 1. The van der Waals surface area contributed by atoms with Crippen molar-refractivity contribution in [1.29, 1.82) is 0 Å². The van der Waals surface area contributed by atoms with Gasteiger partial charge in [-0.1, -0.05) is 13.3 Å². The van der Waals surface area contributed by atoms with Crippen LogP contribution in [0.25, 0.3) is 0 Å². The van der Waals surface area contributed by atoms with E-state index < -0.39 is 5.97 Å². The third-order valence-corrected chi connectivity index (χ3v) is 4.99. The van der Waals surface area contributed by atoms with E-state index in [9.17, 15) is 19.5 Å². The van der Waals surface area contributed by atoms with Gasteiger partial charge >= 0.3 is 5.97 Å². The van der Waals surface area contributed by atoms with Gasteiger partial charge in [-0.3, -0.25) is 19.4 Å². The number of carboxylic acids is 1. The zero-order chi connectivity index (χ0) is 18.7. The molecule has 1 aromatic carbocycles. The first-order valence-electron chi connectivity index (χ1n) is 9.21. The SMILES string of the molecule is CCCCN1C(=O)CN(C(=O)CN2CCCC2)c2cc(C(=O)O)ccc21. The number of rotatable bonds is 6. The van der Waals surface area contributed by atoms with Gasteiger partial charge in [-0.15, -0.1) is 0 Å². The van der Waals surface area contributed by atoms with E-state index in [1.807, 2.05) is 0 Å². The number of carbonyl (C=O) groups excluding carboxylic acids is 2. The van der Waals surface area contributed by atoms with Gasteiger partial charge in [0.25, 0.3) is 0 Å². The normalized spacial score (nSPS) is 17.5. The van der Waals surface area contributed by atoms with Gasteiger partial charge in [-0.25, -0.2) is 4.79 Å². The summed E-state index contributed by atoms with van der Waals surface area (Å²) in [5.41, 5.74) is 1.26. The number of nitrogens with zero attached hydrogens (tertiary/aromatic N) is 3. The Kier molecular flexibility index (Phi) is 5.56. The molecule has 1 aromatic rings. The first-order valence-corrected chi connectivity index (χ1v) is 9.21. The molecule has 2 aliphatic rings. The Hall–Kier alpha value is -2.41. The Morgan fingerprint density at radius 2 is 1.88 bits per heavy atom. The third kappa shape index (κ3) is 3.72. The minimum absolute atomic E-state index is 0.0353. The molecule has 0 atom stereocenters. The molecule has 0 aliphatic carbocycles. The molecule has 0 unspecified atom stereocenters. The maximum absolute atomic E-state index is 12.8. The number of hydrogen-bond donors (Lipinski definition) is 1. The highest BCUT2D eigenvalue weighted by molar-refractivity contribution is 6.12.